The second-order valence-corrected chi connectivity index (χ2v) is 5.21. The summed E-state index contributed by atoms with van der Waals surface area (Å²) in [6.45, 7) is 1.61. The molecule has 6 heteroatoms. The van der Waals surface area contributed by atoms with Crippen LogP contribution in [0.15, 0.2) is 41.0 Å². The summed E-state index contributed by atoms with van der Waals surface area (Å²) in [6.07, 6.45) is 2.74. The molecule has 0 saturated heterocycles. The Labute approximate surface area is 129 Å². The maximum atomic E-state index is 10.4. The van der Waals surface area contributed by atoms with Crippen LogP contribution in [-0.2, 0) is 4.79 Å². The Balaban J connectivity index is 2.08. The molecule has 0 aliphatic heterocycles. The Morgan fingerprint density at radius 3 is 2.55 bits per heavy atom. The lowest BCUT2D eigenvalue weighted by molar-refractivity contribution is 0.278. The van der Waals surface area contributed by atoms with Gasteiger partial charge in [-0.15, -0.1) is 0 Å². The van der Waals surface area contributed by atoms with Crippen molar-refractivity contribution in [3.63, 3.8) is 0 Å². The molecule has 2 rings (SSSR count). The van der Waals surface area contributed by atoms with Crippen molar-refractivity contribution in [2.75, 3.05) is 0 Å². The highest BCUT2D eigenvalue weighted by Crippen LogP contribution is 2.30. The lowest BCUT2D eigenvalue weighted by Crippen LogP contribution is -2.12. The lowest BCUT2D eigenvalue weighted by Gasteiger charge is -2.09. The van der Waals surface area contributed by atoms with E-state index in [1.165, 1.54) is 0 Å². The van der Waals surface area contributed by atoms with Gasteiger partial charge in [0, 0.05) is 10.7 Å². The van der Waals surface area contributed by atoms with Crippen molar-refractivity contribution < 1.29 is 14.3 Å². The first-order chi connectivity index (χ1) is 9.58. The molecule has 103 valence electrons. The average molecular weight is 356 g/mol. The Morgan fingerprint density at radius 2 is 1.95 bits per heavy atom. The zero-order valence-corrected chi connectivity index (χ0v) is 12.8. The summed E-state index contributed by atoms with van der Waals surface area (Å²) in [5, 5.41) is 0.406. The summed E-state index contributed by atoms with van der Waals surface area (Å²) >= 11 is 9.28. The van der Waals surface area contributed by atoms with Crippen LogP contribution in [0.5, 0.6) is 17.4 Å². The lowest BCUT2D eigenvalue weighted by atomic mass is 10.3. The van der Waals surface area contributed by atoms with E-state index in [1.807, 2.05) is 0 Å². The van der Waals surface area contributed by atoms with E-state index in [0.717, 1.165) is 4.47 Å². The molecule has 1 aromatic carbocycles. The van der Waals surface area contributed by atoms with Crippen molar-refractivity contribution in [1.29, 1.82) is 0 Å². The number of hydrogen-bond acceptors (Lipinski definition) is 4. The van der Waals surface area contributed by atoms with Crippen LogP contribution in [0, 0.1) is 0 Å². The van der Waals surface area contributed by atoms with Gasteiger partial charge in [0.2, 0.25) is 12.2 Å². The summed E-state index contributed by atoms with van der Waals surface area (Å²) < 4.78 is 11.6. The highest BCUT2D eigenvalue weighted by molar-refractivity contribution is 9.10. The monoisotopic (exact) mass is 354 g/mol. The summed E-state index contributed by atoms with van der Waals surface area (Å²) in [7, 11) is 0. The summed E-state index contributed by atoms with van der Waals surface area (Å²) in [6, 6.07) is 8.48. The Morgan fingerprint density at radius 1 is 1.30 bits per heavy atom. The normalized spacial score (nSPS) is 11.8. The Bertz CT molecular complexity index is 604. The number of carbonyl (C=O) groups excluding carboxylic acids is 1. The number of hydrogen-bond donors (Lipinski definition) is 0. The van der Waals surface area contributed by atoms with Crippen molar-refractivity contribution in [1.82, 2.24) is 4.98 Å². The van der Waals surface area contributed by atoms with E-state index in [2.05, 4.69) is 20.9 Å². The maximum absolute atomic E-state index is 10.4. The van der Waals surface area contributed by atoms with Crippen LogP contribution in [-0.4, -0.2) is 17.4 Å². The van der Waals surface area contributed by atoms with Crippen molar-refractivity contribution in [3.8, 4) is 17.4 Å². The molecule has 0 fully saturated rings. The van der Waals surface area contributed by atoms with E-state index in [9.17, 15) is 4.79 Å². The summed E-state index contributed by atoms with van der Waals surface area (Å²) in [5.74, 6) is 1.44. The number of rotatable bonds is 5. The van der Waals surface area contributed by atoms with Crippen LogP contribution in [0.4, 0.5) is 0 Å². The molecular formula is C14H10BrClNO3. The van der Waals surface area contributed by atoms with Gasteiger partial charge in [-0.3, -0.25) is 4.79 Å². The molecular weight excluding hydrogens is 346 g/mol. The highest BCUT2D eigenvalue weighted by atomic mass is 79.9. The van der Waals surface area contributed by atoms with Crippen LogP contribution in [0.1, 0.15) is 6.92 Å². The standard InChI is InChI=1S/C14H10BrClNO3/c1-9(8-18)19-11-2-4-12(5-3-11)20-14-13(16)6-10(15)7-17-14/h2-7,9H,1H3. The van der Waals surface area contributed by atoms with Crippen LogP contribution >= 0.6 is 27.5 Å². The first kappa shape index (κ1) is 14.8. The van der Waals surface area contributed by atoms with Gasteiger partial charge in [0.1, 0.15) is 16.5 Å². The predicted octanol–water partition coefficient (Wildman–Crippen LogP) is 4.17. The molecule has 0 bridgehead atoms. The predicted molar refractivity (Wildman–Crippen MR) is 79.2 cm³/mol. The fourth-order valence-corrected chi connectivity index (χ4v) is 2.07. The summed E-state index contributed by atoms with van der Waals surface area (Å²) in [5.41, 5.74) is 0. The Kier molecular flexibility index (Phi) is 4.98. The smallest absolute Gasteiger partial charge is 0.242 e. The van der Waals surface area contributed by atoms with E-state index in [-0.39, 0.29) is 0 Å². The largest absolute Gasteiger partial charge is 0.482 e. The molecule has 0 aliphatic rings. The molecule has 0 spiro atoms. The quantitative estimate of drug-likeness (QED) is 0.808. The van der Waals surface area contributed by atoms with Gasteiger partial charge in [-0.05, 0) is 53.2 Å². The molecule has 2 aromatic rings. The molecule has 1 aromatic heterocycles. The summed E-state index contributed by atoms with van der Waals surface area (Å²) in [4.78, 5) is 14.5. The molecule has 4 nitrogen and oxygen atoms in total. The van der Waals surface area contributed by atoms with Gasteiger partial charge in [-0.2, -0.15) is 0 Å². The zero-order valence-electron chi connectivity index (χ0n) is 10.5. The first-order valence-corrected chi connectivity index (χ1v) is 6.89. The van der Waals surface area contributed by atoms with Crippen molar-refractivity contribution >= 4 is 33.8 Å². The third kappa shape index (κ3) is 3.95. The minimum atomic E-state index is -0.607. The van der Waals surface area contributed by atoms with Crippen molar-refractivity contribution in [3.05, 3.63) is 46.0 Å². The molecule has 0 amide bonds. The molecule has 1 radical (unpaired) electrons. The van der Waals surface area contributed by atoms with Crippen molar-refractivity contribution in [2.45, 2.75) is 13.0 Å². The SMILES string of the molecule is CC([C]=O)Oc1ccc(Oc2ncc(Br)cc2Cl)cc1. The fourth-order valence-electron chi connectivity index (χ4n) is 1.40. The second kappa shape index (κ2) is 6.72. The molecule has 0 saturated carbocycles. The molecule has 0 N–H and O–H groups in total. The van der Waals surface area contributed by atoms with Crippen LogP contribution in [0.3, 0.4) is 0 Å². The van der Waals surface area contributed by atoms with Gasteiger partial charge in [0.15, 0.2) is 6.10 Å². The van der Waals surface area contributed by atoms with Gasteiger partial charge >= 0.3 is 0 Å². The minimum Gasteiger partial charge on any atom is -0.482 e. The zero-order chi connectivity index (χ0) is 14.5. The van der Waals surface area contributed by atoms with E-state index >= 15 is 0 Å². The van der Waals surface area contributed by atoms with Crippen LogP contribution in [0.25, 0.3) is 0 Å². The van der Waals surface area contributed by atoms with Crippen molar-refractivity contribution in [2.24, 2.45) is 0 Å². The molecule has 1 heterocycles. The van der Waals surface area contributed by atoms with Gasteiger partial charge in [-0.25, -0.2) is 4.98 Å². The third-order valence-electron chi connectivity index (χ3n) is 2.29. The number of pyridine rings is 1. The number of benzene rings is 1. The minimum absolute atomic E-state index is 0.318. The van der Waals surface area contributed by atoms with E-state index in [1.54, 1.807) is 49.7 Å². The van der Waals surface area contributed by atoms with Gasteiger partial charge in [0.25, 0.3) is 0 Å². The molecule has 1 atom stereocenters. The van der Waals surface area contributed by atoms with Crippen LogP contribution < -0.4 is 9.47 Å². The molecule has 0 aliphatic carbocycles. The molecule has 1 unspecified atom stereocenters. The Hall–Kier alpha value is -1.59. The number of nitrogens with zero attached hydrogens (tertiary/aromatic N) is 1. The first-order valence-electron chi connectivity index (χ1n) is 5.72. The topological polar surface area (TPSA) is 48.4 Å². The molecule has 20 heavy (non-hydrogen) atoms. The second-order valence-electron chi connectivity index (χ2n) is 3.89. The van der Waals surface area contributed by atoms with E-state index in [0.29, 0.717) is 22.4 Å². The maximum Gasteiger partial charge on any atom is 0.242 e. The fraction of sp³-hybridized carbons (Fsp3) is 0.143. The third-order valence-corrected chi connectivity index (χ3v) is 3.00. The van der Waals surface area contributed by atoms with Crippen LogP contribution in [0.2, 0.25) is 5.02 Å². The average Bonchev–Trinajstić information content (AvgIpc) is 2.44. The van der Waals surface area contributed by atoms with Gasteiger partial charge in [-0.1, -0.05) is 11.6 Å². The number of aromatic nitrogens is 1. The van der Waals surface area contributed by atoms with Gasteiger partial charge in [0.05, 0.1) is 0 Å². The highest BCUT2D eigenvalue weighted by Gasteiger charge is 2.07. The van der Waals surface area contributed by atoms with Gasteiger partial charge < -0.3 is 9.47 Å². The number of ether oxygens (including phenoxy) is 2. The van der Waals surface area contributed by atoms with E-state index in [4.69, 9.17) is 21.1 Å². The number of halogens is 2. The van der Waals surface area contributed by atoms with E-state index < -0.39 is 6.10 Å².